The second-order valence-corrected chi connectivity index (χ2v) is 10.3. The first-order valence-electron chi connectivity index (χ1n) is 12.1. The number of rotatable bonds is 8. The number of aromatic nitrogens is 3. The molecule has 4 rings (SSSR count). The Morgan fingerprint density at radius 2 is 1.91 bits per heavy atom. The van der Waals surface area contributed by atoms with Crippen LogP contribution >= 0.6 is 11.8 Å². The summed E-state index contributed by atoms with van der Waals surface area (Å²) >= 11 is 1.58. The molecule has 0 aliphatic carbocycles. The summed E-state index contributed by atoms with van der Waals surface area (Å²) in [6.45, 7) is 9.71. The highest BCUT2D eigenvalue weighted by Crippen LogP contribution is 2.29. The lowest BCUT2D eigenvalue weighted by Crippen LogP contribution is -2.56. The number of hydrogen-bond donors (Lipinski definition) is 0. The fourth-order valence-corrected chi connectivity index (χ4v) is 5.13. The Morgan fingerprint density at radius 1 is 1.14 bits per heavy atom. The molecule has 9 heteroatoms. The van der Waals surface area contributed by atoms with Crippen molar-refractivity contribution in [2.24, 2.45) is 5.92 Å². The maximum atomic E-state index is 12.8. The van der Waals surface area contributed by atoms with E-state index in [0.717, 1.165) is 23.0 Å². The molecule has 0 bridgehead atoms. The Kier molecular flexibility index (Phi) is 7.95. The quantitative estimate of drug-likeness (QED) is 0.340. The van der Waals surface area contributed by atoms with Crippen molar-refractivity contribution < 1.29 is 14.0 Å². The third-order valence-electron chi connectivity index (χ3n) is 6.19. The first-order valence-corrected chi connectivity index (χ1v) is 13.1. The summed E-state index contributed by atoms with van der Waals surface area (Å²) in [5.74, 6) is 2.34. The summed E-state index contributed by atoms with van der Waals surface area (Å²) in [6, 6.07) is 12.0. The minimum absolute atomic E-state index is 0.0213. The molecule has 1 aromatic carbocycles. The minimum Gasteiger partial charge on any atom is -0.461 e. The van der Waals surface area contributed by atoms with Gasteiger partial charge >= 0.3 is 0 Å². The Balaban J connectivity index is 1.35. The smallest absolute Gasteiger partial charge is 0.225 e. The zero-order valence-electron chi connectivity index (χ0n) is 20.8. The lowest BCUT2D eigenvalue weighted by molar-refractivity contribution is -0.144. The third-order valence-corrected chi connectivity index (χ3v) is 7.21. The van der Waals surface area contributed by atoms with Crippen LogP contribution in [0.4, 0.5) is 0 Å². The van der Waals surface area contributed by atoms with E-state index in [9.17, 15) is 9.59 Å². The van der Waals surface area contributed by atoms with Crippen molar-refractivity contribution in [2.75, 3.05) is 25.4 Å². The SMILES string of the molecule is Cc1ccc(-n2c(SCCCC(=O)N3CCN(C(=O)C(C)C)C(C)C3)nnc2-c2ccco2)cc1. The van der Waals surface area contributed by atoms with Crippen molar-refractivity contribution in [3.05, 3.63) is 48.2 Å². The summed E-state index contributed by atoms with van der Waals surface area (Å²) < 4.78 is 7.58. The van der Waals surface area contributed by atoms with Gasteiger partial charge in [-0.1, -0.05) is 43.3 Å². The molecule has 0 N–H and O–H groups in total. The average molecular weight is 496 g/mol. The normalized spacial score (nSPS) is 16.2. The van der Waals surface area contributed by atoms with Crippen molar-refractivity contribution in [2.45, 2.75) is 51.7 Å². The molecule has 3 heterocycles. The van der Waals surface area contributed by atoms with Crippen LogP contribution in [0.5, 0.6) is 0 Å². The van der Waals surface area contributed by atoms with E-state index >= 15 is 0 Å². The highest BCUT2D eigenvalue weighted by molar-refractivity contribution is 7.99. The van der Waals surface area contributed by atoms with Crippen LogP contribution in [0.3, 0.4) is 0 Å². The molecule has 1 aliphatic heterocycles. The second-order valence-electron chi connectivity index (χ2n) is 9.28. The molecule has 1 atom stereocenters. The van der Waals surface area contributed by atoms with Gasteiger partial charge in [0.15, 0.2) is 10.9 Å². The molecule has 8 nitrogen and oxygen atoms in total. The fraction of sp³-hybridized carbons (Fsp3) is 0.462. The van der Waals surface area contributed by atoms with Crippen molar-refractivity contribution in [1.82, 2.24) is 24.6 Å². The summed E-state index contributed by atoms with van der Waals surface area (Å²) in [6.07, 6.45) is 2.84. The largest absolute Gasteiger partial charge is 0.461 e. The molecule has 2 aromatic heterocycles. The van der Waals surface area contributed by atoms with Crippen LogP contribution in [-0.2, 0) is 9.59 Å². The highest BCUT2D eigenvalue weighted by Gasteiger charge is 2.30. The molecule has 1 fully saturated rings. The Morgan fingerprint density at radius 3 is 2.57 bits per heavy atom. The lowest BCUT2D eigenvalue weighted by atomic mass is 10.1. The number of benzene rings is 1. The highest BCUT2D eigenvalue weighted by atomic mass is 32.2. The number of thioether (sulfide) groups is 1. The molecule has 186 valence electrons. The Hall–Kier alpha value is -3.07. The topological polar surface area (TPSA) is 84.5 Å². The molecule has 0 radical (unpaired) electrons. The number of aryl methyl sites for hydroxylation is 1. The number of hydrogen-bond acceptors (Lipinski definition) is 6. The van der Waals surface area contributed by atoms with E-state index in [4.69, 9.17) is 4.42 Å². The fourth-order valence-electron chi connectivity index (χ4n) is 4.24. The Labute approximate surface area is 210 Å². The number of carbonyl (C=O) groups excluding carboxylic acids is 2. The van der Waals surface area contributed by atoms with Gasteiger partial charge in [0, 0.05) is 49.5 Å². The molecule has 1 unspecified atom stereocenters. The van der Waals surface area contributed by atoms with Gasteiger partial charge in [0.2, 0.25) is 17.6 Å². The van der Waals surface area contributed by atoms with Crippen LogP contribution in [-0.4, -0.2) is 67.8 Å². The zero-order valence-corrected chi connectivity index (χ0v) is 21.6. The van der Waals surface area contributed by atoms with E-state index in [1.165, 1.54) is 5.56 Å². The lowest BCUT2D eigenvalue weighted by Gasteiger charge is -2.40. The molecule has 0 saturated carbocycles. The van der Waals surface area contributed by atoms with Crippen LogP contribution in [0.2, 0.25) is 0 Å². The van der Waals surface area contributed by atoms with Crippen molar-refractivity contribution in [3.63, 3.8) is 0 Å². The number of carbonyl (C=O) groups is 2. The van der Waals surface area contributed by atoms with Gasteiger partial charge in [-0.2, -0.15) is 0 Å². The van der Waals surface area contributed by atoms with Gasteiger partial charge in [-0.3, -0.25) is 14.2 Å². The molecule has 0 spiro atoms. The predicted octanol–water partition coefficient (Wildman–Crippen LogP) is 4.42. The number of amides is 2. The van der Waals surface area contributed by atoms with Gasteiger partial charge in [-0.25, -0.2) is 0 Å². The molecule has 3 aromatic rings. The molecular weight excluding hydrogens is 462 g/mol. The van der Waals surface area contributed by atoms with Crippen LogP contribution in [0.15, 0.2) is 52.2 Å². The Bertz CT molecular complexity index is 1140. The summed E-state index contributed by atoms with van der Waals surface area (Å²) in [7, 11) is 0. The van der Waals surface area contributed by atoms with Gasteiger partial charge in [0.05, 0.1) is 6.26 Å². The van der Waals surface area contributed by atoms with E-state index in [-0.39, 0.29) is 23.8 Å². The van der Waals surface area contributed by atoms with Crippen molar-refractivity contribution >= 4 is 23.6 Å². The van der Waals surface area contributed by atoms with Crippen molar-refractivity contribution in [3.8, 4) is 17.3 Å². The monoisotopic (exact) mass is 495 g/mol. The summed E-state index contributed by atoms with van der Waals surface area (Å²) in [4.78, 5) is 29.0. The van der Waals surface area contributed by atoms with Crippen LogP contribution in [0, 0.1) is 12.8 Å². The number of furan rings is 1. The van der Waals surface area contributed by atoms with Crippen LogP contribution < -0.4 is 0 Å². The van der Waals surface area contributed by atoms with Gasteiger partial charge < -0.3 is 14.2 Å². The van der Waals surface area contributed by atoms with Gasteiger partial charge in [-0.05, 0) is 44.5 Å². The van der Waals surface area contributed by atoms with Crippen LogP contribution in [0.25, 0.3) is 17.3 Å². The minimum atomic E-state index is -0.0213. The van der Waals surface area contributed by atoms with Crippen LogP contribution in [0.1, 0.15) is 39.2 Å². The number of nitrogens with zero attached hydrogens (tertiary/aromatic N) is 5. The van der Waals surface area contributed by atoms with Gasteiger partial charge in [-0.15, -0.1) is 10.2 Å². The third kappa shape index (κ3) is 5.78. The number of piperazine rings is 1. The first kappa shape index (κ1) is 25.0. The second kappa shape index (κ2) is 11.1. The standard InChI is InChI=1S/C26H33N5O3S/c1-18(2)25(33)30-14-13-29(17-20(30)4)23(32)8-6-16-35-26-28-27-24(22-7-5-15-34-22)31(26)21-11-9-19(3)10-12-21/h5,7,9-12,15,18,20H,6,8,13-14,16-17H2,1-4H3. The van der Waals surface area contributed by atoms with Gasteiger partial charge in [0.1, 0.15) is 0 Å². The molecular formula is C26H33N5O3S. The summed E-state index contributed by atoms with van der Waals surface area (Å²) in [5.41, 5.74) is 2.14. The van der Waals surface area contributed by atoms with E-state index in [0.29, 0.717) is 37.6 Å². The van der Waals surface area contributed by atoms with E-state index in [1.54, 1.807) is 18.0 Å². The average Bonchev–Trinajstić information content (AvgIpc) is 3.52. The van der Waals surface area contributed by atoms with E-state index in [1.807, 2.05) is 59.4 Å². The summed E-state index contributed by atoms with van der Waals surface area (Å²) in [5, 5.41) is 9.55. The molecule has 2 amide bonds. The molecule has 1 saturated heterocycles. The van der Waals surface area contributed by atoms with E-state index < -0.39 is 0 Å². The van der Waals surface area contributed by atoms with Crippen molar-refractivity contribution in [1.29, 1.82) is 0 Å². The maximum Gasteiger partial charge on any atom is 0.225 e. The zero-order chi connectivity index (χ0) is 24.9. The molecule has 1 aliphatic rings. The first-order chi connectivity index (χ1) is 16.8. The van der Waals surface area contributed by atoms with E-state index in [2.05, 4.69) is 29.3 Å². The van der Waals surface area contributed by atoms with Gasteiger partial charge in [0.25, 0.3) is 0 Å². The predicted molar refractivity (Wildman–Crippen MR) is 136 cm³/mol. The maximum absolute atomic E-state index is 12.8. The molecule has 35 heavy (non-hydrogen) atoms.